The molecule has 0 saturated carbocycles. The van der Waals surface area contributed by atoms with Crippen LogP contribution in [0, 0.1) is 17.8 Å². The van der Waals surface area contributed by atoms with Gasteiger partial charge in [-0.1, -0.05) is 51.2 Å². The van der Waals surface area contributed by atoms with Gasteiger partial charge in [0.1, 0.15) is 6.10 Å². The van der Waals surface area contributed by atoms with Crippen LogP contribution in [-0.2, 0) is 4.74 Å². The summed E-state index contributed by atoms with van der Waals surface area (Å²) in [5.41, 5.74) is 1.08. The van der Waals surface area contributed by atoms with Crippen LogP contribution in [0.5, 0.6) is 0 Å². The van der Waals surface area contributed by atoms with Gasteiger partial charge < -0.3 is 4.74 Å². The molecule has 0 aromatic carbocycles. The Morgan fingerprint density at radius 3 is 2.38 bits per heavy atom. The molecule has 0 aliphatic carbocycles. The Labute approximate surface area is 133 Å². The standard InChI is InChI=1S/C17H27FO2S/c1-7-8-9-12(4)15(20-17(18)19)14(6)16(21)13(5)10-11(2)3/h7-9,12-16,21H,1-2,10H2,3-6H3/b9-8-/t12-,13-,14+,15-,16+/m0/s1. The van der Waals surface area contributed by atoms with E-state index in [0.717, 1.165) is 12.0 Å². The summed E-state index contributed by atoms with van der Waals surface area (Å²) in [6.45, 7) is 15.4. The van der Waals surface area contributed by atoms with Crippen molar-refractivity contribution in [3.8, 4) is 0 Å². The Morgan fingerprint density at radius 2 is 1.95 bits per heavy atom. The fourth-order valence-corrected chi connectivity index (χ4v) is 2.82. The highest BCUT2D eigenvalue weighted by atomic mass is 32.1. The first kappa shape index (κ1) is 20.0. The van der Waals surface area contributed by atoms with Gasteiger partial charge in [-0.3, -0.25) is 0 Å². The summed E-state index contributed by atoms with van der Waals surface area (Å²) in [5, 5.41) is -0.0226. The van der Waals surface area contributed by atoms with Crippen molar-refractivity contribution >= 4 is 18.9 Å². The van der Waals surface area contributed by atoms with E-state index in [0.29, 0.717) is 0 Å². The molecule has 0 saturated heterocycles. The van der Waals surface area contributed by atoms with Gasteiger partial charge in [0.15, 0.2) is 0 Å². The number of hydrogen-bond acceptors (Lipinski definition) is 3. The number of allylic oxidation sites excluding steroid dienone is 3. The van der Waals surface area contributed by atoms with Crippen molar-refractivity contribution in [3.05, 3.63) is 37.0 Å². The van der Waals surface area contributed by atoms with Crippen molar-refractivity contribution in [2.24, 2.45) is 17.8 Å². The Kier molecular flexibility index (Phi) is 9.34. The molecule has 2 nitrogen and oxygen atoms in total. The number of carbonyl (C=O) groups excluding carboxylic acids is 1. The van der Waals surface area contributed by atoms with Crippen molar-refractivity contribution in [2.75, 3.05) is 0 Å². The number of carbonyl (C=O) groups is 1. The summed E-state index contributed by atoms with van der Waals surface area (Å²) >= 11 is 4.64. The molecule has 0 aromatic heterocycles. The highest BCUT2D eigenvalue weighted by Crippen LogP contribution is 2.31. The number of ether oxygens (including phenoxy) is 1. The quantitative estimate of drug-likeness (QED) is 0.268. The fourth-order valence-electron chi connectivity index (χ4n) is 2.55. The van der Waals surface area contributed by atoms with Crippen LogP contribution in [0.15, 0.2) is 37.0 Å². The molecule has 0 radical (unpaired) electrons. The lowest BCUT2D eigenvalue weighted by Gasteiger charge is -2.33. The molecule has 0 rings (SSSR count). The average Bonchev–Trinajstić information content (AvgIpc) is 2.39. The smallest absolute Gasteiger partial charge is 0.436 e. The topological polar surface area (TPSA) is 26.3 Å². The molecule has 0 aliphatic rings. The highest BCUT2D eigenvalue weighted by molar-refractivity contribution is 7.81. The summed E-state index contributed by atoms with van der Waals surface area (Å²) in [6.07, 6.45) is 3.78. The van der Waals surface area contributed by atoms with Gasteiger partial charge >= 0.3 is 6.22 Å². The van der Waals surface area contributed by atoms with Gasteiger partial charge in [0, 0.05) is 17.1 Å². The monoisotopic (exact) mass is 314 g/mol. The molecule has 0 amide bonds. The van der Waals surface area contributed by atoms with E-state index in [4.69, 9.17) is 4.74 Å². The average molecular weight is 314 g/mol. The molecule has 120 valence electrons. The van der Waals surface area contributed by atoms with E-state index in [-0.39, 0.29) is 23.0 Å². The molecule has 0 spiro atoms. The van der Waals surface area contributed by atoms with E-state index in [9.17, 15) is 9.18 Å². The Hall–Kier alpha value is -1.03. The molecule has 21 heavy (non-hydrogen) atoms. The van der Waals surface area contributed by atoms with E-state index in [1.165, 1.54) is 0 Å². The Bertz CT molecular complexity index is 392. The molecule has 0 heterocycles. The third kappa shape index (κ3) is 7.51. The van der Waals surface area contributed by atoms with Crippen molar-refractivity contribution in [1.82, 2.24) is 0 Å². The van der Waals surface area contributed by atoms with Crippen LogP contribution >= 0.6 is 12.6 Å². The maximum atomic E-state index is 12.7. The van der Waals surface area contributed by atoms with Crippen LogP contribution in [0.4, 0.5) is 9.18 Å². The number of hydrogen-bond donors (Lipinski definition) is 1. The van der Waals surface area contributed by atoms with Crippen LogP contribution in [0.25, 0.3) is 0 Å². The predicted octanol–water partition coefficient (Wildman–Crippen LogP) is 5.38. The van der Waals surface area contributed by atoms with E-state index in [1.807, 2.05) is 26.8 Å². The SMILES string of the molecule is C=C/C=C\[C@H](C)[C@H](OC(=O)F)[C@@H](C)[C@H](S)[C@@H](C)CC(=C)C. The largest absolute Gasteiger partial charge is 0.495 e. The number of halogens is 1. The number of thiol groups is 1. The molecule has 0 aliphatic heterocycles. The van der Waals surface area contributed by atoms with Crippen molar-refractivity contribution in [3.63, 3.8) is 0 Å². The Balaban J connectivity index is 5.03. The summed E-state index contributed by atoms with van der Waals surface area (Å²) in [4.78, 5) is 10.7. The fraction of sp³-hybridized carbons (Fsp3) is 0.588. The molecule has 0 unspecified atom stereocenters. The molecule has 5 atom stereocenters. The second kappa shape index (κ2) is 9.82. The van der Waals surface area contributed by atoms with Gasteiger partial charge in [0.05, 0.1) is 0 Å². The zero-order chi connectivity index (χ0) is 16.6. The lowest BCUT2D eigenvalue weighted by atomic mass is 9.84. The minimum atomic E-state index is -1.75. The predicted molar refractivity (Wildman–Crippen MR) is 90.4 cm³/mol. The molecule has 0 aromatic rings. The molecule has 4 heteroatoms. The third-order valence-electron chi connectivity index (χ3n) is 3.61. The van der Waals surface area contributed by atoms with Gasteiger partial charge in [0.2, 0.25) is 0 Å². The minimum absolute atomic E-state index is 0.0226. The molecule has 0 fully saturated rings. The van der Waals surface area contributed by atoms with Crippen LogP contribution < -0.4 is 0 Å². The minimum Gasteiger partial charge on any atom is -0.436 e. The molecular weight excluding hydrogens is 287 g/mol. The van der Waals surface area contributed by atoms with Gasteiger partial charge in [-0.15, -0.1) is 11.0 Å². The van der Waals surface area contributed by atoms with Gasteiger partial charge in [-0.25, -0.2) is 4.79 Å². The molecule has 0 bridgehead atoms. The van der Waals surface area contributed by atoms with E-state index < -0.39 is 12.3 Å². The molecule has 0 N–H and O–H groups in total. The van der Waals surface area contributed by atoms with Crippen LogP contribution in [-0.4, -0.2) is 17.6 Å². The third-order valence-corrected chi connectivity index (χ3v) is 4.59. The maximum Gasteiger partial charge on any atom is 0.495 e. The second-order valence-electron chi connectivity index (χ2n) is 5.79. The summed E-state index contributed by atoms with van der Waals surface area (Å²) in [6, 6.07) is 0. The van der Waals surface area contributed by atoms with E-state index in [2.05, 4.69) is 32.7 Å². The summed E-state index contributed by atoms with van der Waals surface area (Å²) in [5.74, 6) is 0.0495. The summed E-state index contributed by atoms with van der Waals surface area (Å²) in [7, 11) is 0. The highest BCUT2D eigenvalue weighted by Gasteiger charge is 2.32. The van der Waals surface area contributed by atoms with Gasteiger partial charge in [-0.05, 0) is 19.3 Å². The lowest BCUT2D eigenvalue weighted by molar-refractivity contribution is 0.0248. The van der Waals surface area contributed by atoms with Crippen molar-refractivity contribution in [1.29, 1.82) is 0 Å². The van der Waals surface area contributed by atoms with Crippen LogP contribution in [0.1, 0.15) is 34.1 Å². The normalized spacial score (nSPS) is 18.6. The summed E-state index contributed by atoms with van der Waals surface area (Å²) < 4.78 is 17.6. The zero-order valence-electron chi connectivity index (χ0n) is 13.4. The zero-order valence-corrected chi connectivity index (χ0v) is 14.3. The first-order valence-corrected chi connectivity index (χ1v) is 7.70. The molecular formula is C17H27FO2S. The second-order valence-corrected chi connectivity index (χ2v) is 6.38. The van der Waals surface area contributed by atoms with E-state index in [1.54, 1.807) is 12.2 Å². The first-order chi connectivity index (χ1) is 9.70. The van der Waals surface area contributed by atoms with Gasteiger partial charge in [-0.2, -0.15) is 12.6 Å². The maximum absolute atomic E-state index is 12.7. The number of rotatable bonds is 9. The first-order valence-electron chi connectivity index (χ1n) is 7.18. The van der Waals surface area contributed by atoms with Crippen LogP contribution in [0.2, 0.25) is 0 Å². The Morgan fingerprint density at radius 1 is 1.38 bits per heavy atom. The van der Waals surface area contributed by atoms with Crippen LogP contribution in [0.3, 0.4) is 0 Å². The van der Waals surface area contributed by atoms with Crippen molar-refractivity contribution in [2.45, 2.75) is 45.5 Å². The lowest BCUT2D eigenvalue weighted by Crippen LogP contribution is -2.37. The van der Waals surface area contributed by atoms with E-state index >= 15 is 0 Å². The van der Waals surface area contributed by atoms with Crippen molar-refractivity contribution < 1.29 is 13.9 Å². The van der Waals surface area contributed by atoms with Gasteiger partial charge in [0.25, 0.3) is 0 Å².